The average molecular weight is 301 g/mol. The first-order valence-corrected chi connectivity index (χ1v) is 7.61. The van der Waals surface area contributed by atoms with Crippen LogP contribution in [0.25, 0.3) is 11.3 Å². The monoisotopic (exact) mass is 301 g/mol. The number of nitrogens with zero attached hydrogens (tertiary/aromatic N) is 5. The van der Waals surface area contributed by atoms with Crippen molar-refractivity contribution in [1.29, 1.82) is 0 Å². The minimum Gasteiger partial charge on any atom is -0.368 e. The number of hydrogen-bond donors (Lipinski definition) is 2. The van der Waals surface area contributed by atoms with Crippen molar-refractivity contribution in [3.05, 3.63) is 18.0 Å². The number of aromatic nitrogens is 4. The maximum Gasteiger partial charge on any atom is 0.222 e. The van der Waals surface area contributed by atoms with Gasteiger partial charge in [-0.3, -0.25) is 4.68 Å². The van der Waals surface area contributed by atoms with Crippen LogP contribution in [0.5, 0.6) is 0 Å². The molecule has 1 aliphatic rings. The van der Waals surface area contributed by atoms with Crippen LogP contribution in [-0.4, -0.2) is 45.9 Å². The number of likely N-dealkylation sites (N-methyl/N-ethyl adjacent to an activating group) is 1. The highest BCUT2D eigenvalue weighted by Crippen LogP contribution is 2.28. The molecule has 7 heteroatoms. The molecule has 3 rings (SSSR count). The molecule has 0 spiro atoms. The number of rotatable bonds is 4. The number of nitrogen functional groups attached to an aromatic ring is 1. The quantitative estimate of drug-likeness (QED) is 0.883. The first-order valence-electron chi connectivity index (χ1n) is 7.61. The Labute approximate surface area is 130 Å². The number of hydrogen-bond acceptors (Lipinski definition) is 6. The van der Waals surface area contributed by atoms with E-state index in [1.807, 2.05) is 24.0 Å². The van der Waals surface area contributed by atoms with Gasteiger partial charge >= 0.3 is 0 Å². The molecular formula is C15H23N7. The molecule has 118 valence electrons. The van der Waals surface area contributed by atoms with Gasteiger partial charge in [0, 0.05) is 42.5 Å². The summed E-state index contributed by atoms with van der Waals surface area (Å²) in [5, 5.41) is 7.70. The van der Waals surface area contributed by atoms with Gasteiger partial charge in [-0.15, -0.1) is 0 Å². The molecule has 0 aromatic carbocycles. The highest BCUT2D eigenvalue weighted by molar-refractivity contribution is 5.66. The van der Waals surface area contributed by atoms with E-state index in [0.717, 1.165) is 35.9 Å². The Morgan fingerprint density at radius 1 is 1.32 bits per heavy atom. The van der Waals surface area contributed by atoms with Crippen molar-refractivity contribution in [3.8, 4) is 11.3 Å². The van der Waals surface area contributed by atoms with Gasteiger partial charge < -0.3 is 16.0 Å². The topological polar surface area (TPSA) is 84.9 Å². The largest absolute Gasteiger partial charge is 0.368 e. The van der Waals surface area contributed by atoms with Gasteiger partial charge in [-0.2, -0.15) is 10.1 Å². The summed E-state index contributed by atoms with van der Waals surface area (Å²) in [6, 6.07) is 2.83. The molecule has 22 heavy (non-hydrogen) atoms. The molecule has 1 aliphatic heterocycles. The second-order valence-electron chi connectivity index (χ2n) is 6.04. The molecule has 0 bridgehead atoms. The number of nitrogens with two attached hydrogens (primary N) is 1. The van der Waals surface area contributed by atoms with Gasteiger partial charge in [-0.1, -0.05) is 0 Å². The highest BCUT2D eigenvalue weighted by Gasteiger charge is 2.27. The van der Waals surface area contributed by atoms with Gasteiger partial charge in [0.1, 0.15) is 5.82 Å². The fraction of sp³-hybridized carbons (Fsp3) is 0.533. The molecule has 0 atom stereocenters. The predicted octanol–water partition coefficient (Wildman–Crippen LogP) is 1.22. The summed E-state index contributed by atoms with van der Waals surface area (Å²) >= 11 is 0. The van der Waals surface area contributed by atoms with E-state index in [2.05, 4.69) is 46.1 Å². The zero-order chi connectivity index (χ0) is 15.9. The van der Waals surface area contributed by atoms with Crippen molar-refractivity contribution in [3.63, 3.8) is 0 Å². The summed E-state index contributed by atoms with van der Waals surface area (Å²) in [4.78, 5) is 10.9. The standard InChI is InChI=1S/C15H23N7/c1-9(2)22-10(3)12(6-18-22)13-5-14(20-15(16)19-13)21-7-11(8-21)17-4/h5-6,9,11,17H,7-8H2,1-4H3,(H2,16,19,20). The summed E-state index contributed by atoms with van der Waals surface area (Å²) in [6.45, 7) is 8.16. The van der Waals surface area contributed by atoms with Gasteiger partial charge in [0.15, 0.2) is 0 Å². The molecule has 1 saturated heterocycles. The van der Waals surface area contributed by atoms with Crippen LogP contribution in [0.15, 0.2) is 12.3 Å². The number of anilines is 2. The van der Waals surface area contributed by atoms with Crippen LogP contribution in [-0.2, 0) is 0 Å². The van der Waals surface area contributed by atoms with Crippen molar-refractivity contribution in [2.24, 2.45) is 0 Å². The van der Waals surface area contributed by atoms with Gasteiger partial charge in [0.05, 0.1) is 11.9 Å². The van der Waals surface area contributed by atoms with Gasteiger partial charge in [-0.25, -0.2) is 4.98 Å². The third kappa shape index (κ3) is 2.52. The molecule has 3 N–H and O–H groups in total. The van der Waals surface area contributed by atoms with E-state index in [9.17, 15) is 0 Å². The first kappa shape index (κ1) is 14.8. The zero-order valence-corrected chi connectivity index (χ0v) is 13.5. The van der Waals surface area contributed by atoms with Crippen LogP contribution < -0.4 is 16.0 Å². The van der Waals surface area contributed by atoms with E-state index in [1.54, 1.807) is 0 Å². The summed E-state index contributed by atoms with van der Waals surface area (Å²) in [5.74, 6) is 1.18. The third-order valence-corrected chi connectivity index (χ3v) is 4.15. The maximum atomic E-state index is 5.91. The van der Waals surface area contributed by atoms with E-state index < -0.39 is 0 Å². The molecule has 2 aromatic rings. The van der Waals surface area contributed by atoms with Gasteiger partial charge in [-0.05, 0) is 27.8 Å². The first-order chi connectivity index (χ1) is 10.5. The summed E-state index contributed by atoms with van der Waals surface area (Å²) in [7, 11) is 1.98. The Bertz CT molecular complexity index is 671. The van der Waals surface area contributed by atoms with Crippen LogP contribution in [0.1, 0.15) is 25.6 Å². The SMILES string of the molecule is CNC1CN(c2cc(-c3cnn(C(C)C)c3C)nc(N)n2)C1. The van der Waals surface area contributed by atoms with Crippen molar-refractivity contribution in [2.75, 3.05) is 30.8 Å². The molecule has 0 radical (unpaired) electrons. The molecule has 1 fully saturated rings. The maximum absolute atomic E-state index is 5.91. The second-order valence-corrected chi connectivity index (χ2v) is 6.04. The van der Waals surface area contributed by atoms with Crippen LogP contribution >= 0.6 is 0 Å². The number of nitrogens with one attached hydrogen (secondary N) is 1. The lowest BCUT2D eigenvalue weighted by Gasteiger charge is -2.40. The molecule has 0 saturated carbocycles. The van der Waals surface area contributed by atoms with E-state index in [0.29, 0.717) is 18.0 Å². The molecule has 0 unspecified atom stereocenters. The zero-order valence-electron chi connectivity index (χ0n) is 13.5. The molecule has 2 aromatic heterocycles. The third-order valence-electron chi connectivity index (χ3n) is 4.15. The summed E-state index contributed by atoms with van der Waals surface area (Å²) in [6.07, 6.45) is 1.85. The van der Waals surface area contributed by atoms with Crippen LogP contribution in [0, 0.1) is 6.92 Å². The lowest BCUT2D eigenvalue weighted by Crippen LogP contribution is -2.57. The molecular weight excluding hydrogens is 278 g/mol. The lowest BCUT2D eigenvalue weighted by molar-refractivity contribution is 0.447. The minimum atomic E-state index is 0.303. The smallest absolute Gasteiger partial charge is 0.222 e. The fourth-order valence-electron chi connectivity index (χ4n) is 2.80. The minimum absolute atomic E-state index is 0.303. The molecule has 7 nitrogen and oxygen atoms in total. The van der Waals surface area contributed by atoms with E-state index >= 15 is 0 Å². The van der Waals surface area contributed by atoms with E-state index in [1.165, 1.54) is 0 Å². The van der Waals surface area contributed by atoms with Gasteiger partial charge in [0.25, 0.3) is 0 Å². The Morgan fingerprint density at radius 3 is 2.64 bits per heavy atom. The van der Waals surface area contributed by atoms with E-state index in [4.69, 9.17) is 5.73 Å². The highest BCUT2D eigenvalue weighted by atomic mass is 15.3. The second kappa shape index (κ2) is 5.57. The fourth-order valence-corrected chi connectivity index (χ4v) is 2.80. The Hall–Kier alpha value is -2.15. The van der Waals surface area contributed by atoms with Crippen molar-refractivity contribution in [2.45, 2.75) is 32.9 Å². The average Bonchev–Trinajstić information content (AvgIpc) is 2.79. The Morgan fingerprint density at radius 2 is 2.05 bits per heavy atom. The Kier molecular flexibility index (Phi) is 3.74. The van der Waals surface area contributed by atoms with Gasteiger partial charge in [0.2, 0.25) is 5.95 Å². The van der Waals surface area contributed by atoms with Crippen LogP contribution in [0.4, 0.5) is 11.8 Å². The van der Waals surface area contributed by atoms with Crippen LogP contribution in [0.3, 0.4) is 0 Å². The van der Waals surface area contributed by atoms with Crippen molar-refractivity contribution < 1.29 is 0 Å². The summed E-state index contributed by atoms with van der Waals surface area (Å²) in [5.41, 5.74) is 8.84. The van der Waals surface area contributed by atoms with Crippen molar-refractivity contribution in [1.82, 2.24) is 25.1 Å². The van der Waals surface area contributed by atoms with Crippen molar-refractivity contribution >= 4 is 11.8 Å². The lowest BCUT2D eigenvalue weighted by atomic mass is 10.1. The van der Waals surface area contributed by atoms with Crippen LogP contribution in [0.2, 0.25) is 0 Å². The summed E-state index contributed by atoms with van der Waals surface area (Å²) < 4.78 is 1.99. The molecule has 0 aliphatic carbocycles. The molecule has 3 heterocycles. The van der Waals surface area contributed by atoms with E-state index in [-0.39, 0.29) is 0 Å². The molecule has 0 amide bonds. The normalized spacial score (nSPS) is 15.4. The Balaban J connectivity index is 1.93. The predicted molar refractivity (Wildman–Crippen MR) is 87.8 cm³/mol.